The van der Waals surface area contributed by atoms with Crippen LogP contribution in [0.4, 0.5) is 0 Å². The van der Waals surface area contributed by atoms with E-state index < -0.39 is 17.7 Å². The molecule has 1 amide bonds. The first-order chi connectivity index (χ1) is 9.00. The molecule has 1 aromatic rings. The minimum absolute atomic E-state index is 0.0196. The van der Waals surface area contributed by atoms with Crippen LogP contribution in [0.25, 0.3) is 0 Å². The van der Waals surface area contributed by atoms with Crippen molar-refractivity contribution < 1.29 is 23.8 Å². The summed E-state index contributed by atoms with van der Waals surface area (Å²) in [6, 6.07) is 6.67. The number of primary amides is 1. The number of esters is 1. The predicted molar refractivity (Wildman–Crippen MR) is 67.4 cm³/mol. The third kappa shape index (κ3) is 3.10. The molecule has 1 aromatic carbocycles. The summed E-state index contributed by atoms with van der Waals surface area (Å²) in [6.07, 6.45) is 0.0196. The molecular formula is C13H17NO5. The summed E-state index contributed by atoms with van der Waals surface area (Å²) >= 11 is 0. The highest BCUT2D eigenvalue weighted by Gasteiger charge is 2.41. The first-order valence-corrected chi connectivity index (χ1v) is 5.57. The fourth-order valence-corrected chi connectivity index (χ4v) is 1.79. The van der Waals surface area contributed by atoms with E-state index in [9.17, 15) is 9.59 Å². The summed E-state index contributed by atoms with van der Waals surface area (Å²) in [5, 5.41) is 0. The Morgan fingerprint density at radius 3 is 2.21 bits per heavy atom. The summed E-state index contributed by atoms with van der Waals surface area (Å²) in [5.41, 5.74) is 6.14. The number of benzene rings is 1. The van der Waals surface area contributed by atoms with Crippen LogP contribution in [0.15, 0.2) is 24.3 Å². The highest BCUT2D eigenvalue weighted by atomic mass is 16.7. The van der Waals surface area contributed by atoms with E-state index in [0.29, 0.717) is 11.1 Å². The number of rotatable bonds is 6. The Labute approximate surface area is 111 Å². The first-order valence-electron chi connectivity index (χ1n) is 5.57. The Morgan fingerprint density at radius 1 is 1.16 bits per heavy atom. The number of hydrogen-bond donors (Lipinski definition) is 1. The van der Waals surface area contributed by atoms with E-state index >= 15 is 0 Å². The zero-order chi connectivity index (χ0) is 14.5. The second kappa shape index (κ2) is 6.31. The molecule has 2 N–H and O–H groups in total. The number of carbonyl (C=O) groups excluding carboxylic acids is 2. The van der Waals surface area contributed by atoms with Crippen LogP contribution in [0.1, 0.15) is 15.9 Å². The molecule has 0 saturated heterocycles. The van der Waals surface area contributed by atoms with Crippen LogP contribution in [0.2, 0.25) is 0 Å². The van der Waals surface area contributed by atoms with Crippen molar-refractivity contribution in [1.29, 1.82) is 0 Å². The van der Waals surface area contributed by atoms with Crippen molar-refractivity contribution in [1.82, 2.24) is 0 Å². The number of ether oxygens (including phenoxy) is 3. The van der Waals surface area contributed by atoms with Gasteiger partial charge < -0.3 is 19.9 Å². The molecule has 6 heteroatoms. The zero-order valence-corrected chi connectivity index (χ0v) is 11.1. The van der Waals surface area contributed by atoms with Crippen LogP contribution >= 0.6 is 0 Å². The highest BCUT2D eigenvalue weighted by Crippen LogP contribution is 2.22. The lowest BCUT2D eigenvalue weighted by molar-refractivity contribution is -0.227. The van der Waals surface area contributed by atoms with E-state index in [-0.39, 0.29) is 6.42 Å². The van der Waals surface area contributed by atoms with Gasteiger partial charge in [-0.25, -0.2) is 4.79 Å². The molecule has 0 radical (unpaired) electrons. The van der Waals surface area contributed by atoms with E-state index in [1.54, 1.807) is 24.3 Å². The highest BCUT2D eigenvalue weighted by molar-refractivity contribution is 5.94. The second-order valence-electron chi connectivity index (χ2n) is 3.85. The fraction of sp³-hybridized carbons (Fsp3) is 0.385. The van der Waals surface area contributed by atoms with Crippen LogP contribution in [-0.2, 0) is 25.4 Å². The van der Waals surface area contributed by atoms with Crippen LogP contribution in [0.5, 0.6) is 0 Å². The van der Waals surface area contributed by atoms with E-state index in [1.165, 1.54) is 21.3 Å². The summed E-state index contributed by atoms with van der Waals surface area (Å²) in [6.45, 7) is 0. The Balaban J connectivity index is 3.17. The third-order valence-corrected chi connectivity index (χ3v) is 2.86. The normalized spacial score (nSPS) is 11.1. The lowest BCUT2D eigenvalue weighted by Crippen LogP contribution is -2.46. The maximum Gasteiger partial charge on any atom is 0.366 e. The van der Waals surface area contributed by atoms with Crippen LogP contribution in [-0.4, -0.2) is 39.0 Å². The Kier molecular flexibility index (Phi) is 5.02. The van der Waals surface area contributed by atoms with Gasteiger partial charge in [-0.3, -0.25) is 4.79 Å². The number of amides is 1. The van der Waals surface area contributed by atoms with Crippen molar-refractivity contribution in [3.8, 4) is 0 Å². The Morgan fingerprint density at radius 2 is 1.74 bits per heavy atom. The molecule has 0 aliphatic heterocycles. The smallest absolute Gasteiger partial charge is 0.366 e. The maximum absolute atomic E-state index is 11.8. The zero-order valence-electron chi connectivity index (χ0n) is 11.1. The van der Waals surface area contributed by atoms with Crippen molar-refractivity contribution in [2.24, 2.45) is 5.73 Å². The SMILES string of the molecule is COC(=O)C(Cc1ccccc1C(N)=O)(OC)OC. The molecule has 0 spiro atoms. The summed E-state index contributed by atoms with van der Waals surface area (Å²) in [5.74, 6) is -2.86. The molecule has 0 saturated carbocycles. The van der Waals surface area contributed by atoms with Crippen molar-refractivity contribution in [3.05, 3.63) is 35.4 Å². The van der Waals surface area contributed by atoms with Gasteiger partial charge in [0.15, 0.2) is 0 Å². The molecular weight excluding hydrogens is 250 g/mol. The molecule has 6 nitrogen and oxygen atoms in total. The second-order valence-corrected chi connectivity index (χ2v) is 3.85. The van der Waals surface area contributed by atoms with E-state index in [4.69, 9.17) is 15.2 Å². The topological polar surface area (TPSA) is 87.9 Å². The van der Waals surface area contributed by atoms with E-state index in [1.807, 2.05) is 0 Å². The van der Waals surface area contributed by atoms with Crippen LogP contribution in [0, 0.1) is 0 Å². The molecule has 0 heterocycles. The third-order valence-electron chi connectivity index (χ3n) is 2.86. The first kappa shape index (κ1) is 15.1. The van der Waals surface area contributed by atoms with Crippen LogP contribution in [0.3, 0.4) is 0 Å². The molecule has 0 aromatic heterocycles. The summed E-state index contributed by atoms with van der Waals surface area (Å²) in [4.78, 5) is 23.1. The number of nitrogens with two attached hydrogens (primary N) is 1. The molecule has 0 aliphatic carbocycles. The number of methoxy groups -OCH3 is 3. The monoisotopic (exact) mass is 267 g/mol. The minimum atomic E-state index is -1.60. The molecule has 19 heavy (non-hydrogen) atoms. The predicted octanol–water partition coefficient (Wildman–Crippen LogP) is 0.490. The molecule has 0 atom stereocenters. The van der Waals surface area contributed by atoms with E-state index in [0.717, 1.165) is 0 Å². The maximum atomic E-state index is 11.8. The van der Waals surface area contributed by atoms with Gasteiger partial charge in [-0.2, -0.15) is 0 Å². The quantitative estimate of drug-likeness (QED) is 0.598. The van der Waals surface area contributed by atoms with Gasteiger partial charge in [-0.1, -0.05) is 18.2 Å². The molecule has 104 valence electrons. The molecule has 0 bridgehead atoms. The average molecular weight is 267 g/mol. The Bertz CT molecular complexity index is 468. The van der Waals surface area contributed by atoms with E-state index in [2.05, 4.69) is 4.74 Å². The van der Waals surface area contributed by atoms with Gasteiger partial charge in [0.2, 0.25) is 5.91 Å². The van der Waals surface area contributed by atoms with Crippen molar-refractivity contribution in [2.45, 2.75) is 12.2 Å². The summed E-state index contributed by atoms with van der Waals surface area (Å²) in [7, 11) is 3.88. The average Bonchev–Trinajstić information content (AvgIpc) is 2.44. The lowest BCUT2D eigenvalue weighted by atomic mass is 9.99. The van der Waals surface area contributed by atoms with Gasteiger partial charge in [-0.05, 0) is 11.6 Å². The van der Waals surface area contributed by atoms with Gasteiger partial charge in [0.1, 0.15) is 0 Å². The van der Waals surface area contributed by atoms with Gasteiger partial charge in [-0.15, -0.1) is 0 Å². The van der Waals surface area contributed by atoms with Crippen LogP contribution < -0.4 is 5.73 Å². The Hall–Kier alpha value is -1.92. The molecule has 1 rings (SSSR count). The van der Waals surface area contributed by atoms with Gasteiger partial charge in [0.05, 0.1) is 7.11 Å². The minimum Gasteiger partial charge on any atom is -0.465 e. The van der Waals surface area contributed by atoms with Crippen molar-refractivity contribution >= 4 is 11.9 Å². The standard InChI is InChI=1S/C13H17NO5/c1-17-12(16)13(18-2,19-3)8-9-6-4-5-7-10(9)11(14)15/h4-7H,8H2,1-3H3,(H2,14,15). The van der Waals surface area contributed by atoms with Gasteiger partial charge in [0, 0.05) is 26.2 Å². The molecule has 0 unspecified atom stereocenters. The number of carbonyl (C=O) groups is 2. The lowest BCUT2D eigenvalue weighted by Gasteiger charge is -2.28. The largest absolute Gasteiger partial charge is 0.465 e. The van der Waals surface area contributed by atoms with Gasteiger partial charge >= 0.3 is 5.97 Å². The molecule has 0 fully saturated rings. The fourth-order valence-electron chi connectivity index (χ4n) is 1.79. The molecule has 0 aliphatic rings. The van der Waals surface area contributed by atoms with Crippen molar-refractivity contribution in [2.75, 3.05) is 21.3 Å². The van der Waals surface area contributed by atoms with Crippen molar-refractivity contribution in [3.63, 3.8) is 0 Å². The van der Waals surface area contributed by atoms with Gasteiger partial charge in [0.25, 0.3) is 5.79 Å². The number of hydrogen-bond acceptors (Lipinski definition) is 5. The summed E-state index contributed by atoms with van der Waals surface area (Å²) < 4.78 is 14.9.